The Labute approximate surface area is 116 Å². The molecule has 0 saturated heterocycles. The highest BCUT2D eigenvalue weighted by Gasteiger charge is 2.16. The molecule has 1 aromatic heterocycles. The van der Waals surface area contributed by atoms with E-state index in [-0.39, 0.29) is 17.3 Å². The molecule has 0 aliphatic carbocycles. The lowest BCUT2D eigenvalue weighted by Gasteiger charge is -2.09. The van der Waals surface area contributed by atoms with Crippen molar-refractivity contribution in [1.29, 1.82) is 0 Å². The van der Waals surface area contributed by atoms with Crippen LogP contribution < -0.4 is 10.5 Å². The van der Waals surface area contributed by atoms with Crippen LogP contribution in [-0.2, 0) is 16.6 Å². The first kappa shape index (κ1) is 13.8. The molecule has 1 aromatic carbocycles. The molecule has 0 aliphatic rings. The standard InChI is InChI=1S/C12H12ClN3O2S/c13-11-5-4-10(7-9(11)8-14)19(17,18)16-12-3-1-2-6-15-12/h1-7H,8,14H2,(H,15,16). The van der Waals surface area contributed by atoms with Gasteiger partial charge in [-0.15, -0.1) is 0 Å². The molecule has 0 unspecified atom stereocenters. The smallest absolute Gasteiger partial charge is 0.263 e. The second-order valence-corrected chi connectivity index (χ2v) is 5.87. The van der Waals surface area contributed by atoms with Crippen LogP contribution in [0.4, 0.5) is 5.82 Å². The highest BCUT2D eigenvalue weighted by Crippen LogP contribution is 2.21. The summed E-state index contributed by atoms with van der Waals surface area (Å²) in [5.41, 5.74) is 6.08. The Morgan fingerprint density at radius 3 is 2.68 bits per heavy atom. The van der Waals surface area contributed by atoms with Crippen molar-refractivity contribution < 1.29 is 8.42 Å². The average Bonchev–Trinajstić information content (AvgIpc) is 2.39. The lowest BCUT2D eigenvalue weighted by Crippen LogP contribution is -2.14. The van der Waals surface area contributed by atoms with Crippen LogP contribution in [0.15, 0.2) is 47.5 Å². The quantitative estimate of drug-likeness (QED) is 0.904. The number of pyridine rings is 1. The summed E-state index contributed by atoms with van der Waals surface area (Å²) in [4.78, 5) is 4.01. The molecule has 0 amide bonds. The number of hydrogen-bond acceptors (Lipinski definition) is 4. The molecule has 5 nitrogen and oxygen atoms in total. The number of hydrogen-bond donors (Lipinski definition) is 2. The monoisotopic (exact) mass is 297 g/mol. The largest absolute Gasteiger partial charge is 0.326 e. The van der Waals surface area contributed by atoms with Crippen molar-refractivity contribution in [2.24, 2.45) is 5.73 Å². The van der Waals surface area contributed by atoms with Gasteiger partial charge in [-0.2, -0.15) is 0 Å². The van der Waals surface area contributed by atoms with E-state index in [9.17, 15) is 8.42 Å². The van der Waals surface area contributed by atoms with Crippen LogP contribution in [0.1, 0.15) is 5.56 Å². The van der Waals surface area contributed by atoms with Crippen molar-refractivity contribution in [2.45, 2.75) is 11.4 Å². The fourth-order valence-electron chi connectivity index (χ4n) is 1.49. The zero-order valence-corrected chi connectivity index (χ0v) is 11.4. The van der Waals surface area contributed by atoms with Crippen molar-refractivity contribution in [3.05, 3.63) is 53.2 Å². The third-order valence-electron chi connectivity index (χ3n) is 2.45. The van der Waals surface area contributed by atoms with Crippen LogP contribution in [0.2, 0.25) is 5.02 Å². The Bertz CT molecular complexity index is 675. The summed E-state index contributed by atoms with van der Waals surface area (Å²) in [5.74, 6) is 0.256. The molecule has 0 radical (unpaired) electrons. The van der Waals surface area contributed by atoms with Gasteiger partial charge in [-0.1, -0.05) is 17.7 Å². The average molecular weight is 298 g/mol. The summed E-state index contributed by atoms with van der Waals surface area (Å²) in [5, 5.41) is 0.444. The first-order chi connectivity index (χ1) is 9.03. The summed E-state index contributed by atoms with van der Waals surface area (Å²) < 4.78 is 26.7. The Kier molecular flexibility index (Phi) is 4.04. The van der Waals surface area contributed by atoms with Crippen molar-refractivity contribution in [3.8, 4) is 0 Å². The Hall–Kier alpha value is -1.63. The Morgan fingerprint density at radius 1 is 1.26 bits per heavy atom. The zero-order chi connectivity index (χ0) is 13.9. The molecule has 2 aromatic rings. The summed E-state index contributed by atoms with van der Waals surface area (Å²) in [6, 6.07) is 9.35. The van der Waals surface area contributed by atoms with E-state index in [1.54, 1.807) is 18.2 Å². The van der Waals surface area contributed by atoms with E-state index in [0.29, 0.717) is 10.6 Å². The SMILES string of the molecule is NCc1cc(S(=O)(=O)Nc2ccccn2)ccc1Cl. The summed E-state index contributed by atoms with van der Waals surface area (Å²) >= 11 is 5.90. The molecule has 0 atom stereocenters. The van der Waals surface area contributed by atoms with Gasteiger partial charge in [-0.05, 0) is 35.9 Å². The van der Waals surface area contributed by atoms with E-state index in [0.717, 1.165) is 0 Å². The van der Waals surface area contributed by atoms with Gasteiger partial charge in [0.05, 0.1) is 4.90 Å². The normalized spacial score (nSPS) is 11.3. The lowest BCUT2D eigenvalue weighted by atomic mass is 10.2. The topological polar surface area (TPSA) is 85.1 Å². The van der Waals surface area contributed by atoms with E-state index in [1.165, 1.54) is 24.4 Å². The number of benzene rings is 1. The first-order valence-electron chi connectivity index (χ1n) is 5.45. The zero-order valence-electron chi connectivity index (χ0n) is 9.88. The predicted molar refractivity (Wildman–Crippen MR) is 74.4 cm³/mol. The fraction of sp³-hybridized carbons (Fsp3) is 0.0833. The number of halogens is 1. The maximum absolute atomic E-state index is 12.1. The molecule has 2 rings (SSSR count). The van der Waals surface area contributed by atoms with Crippen LogP contribution in [0.3, 0.4) is 0 Å². The molecule has 7 heteroatoms. The number of nitrogens with two attached hydrogens (primary N) is 1. The third-order valence-corrected chi connectivity index (χ3v) is 4.17. The van der Waals surface area contributed by atoms with Gasteiger partial charge in [0.25, 0.3) is 10.0 Å². The molecular formula is C12H12ClN3O2S. The van der Waals surface area contributed by atoms with Gasteiger partial charge in [-0.3, -0.25) is 4.72 Å². The Morgan fingerprint density at radius 2 is 2.05 bits per heavy atom. The Balaban J connectivity index is 2.35. The van der Waals surface area contributed by atoms with Gasteiger partial charge in [0.15, 0.2) is 0 Å². The van der Waals surface area contributed by atoms with Crippen molar-refractivity contribution >= 4 is 27.4 Å². The second kappa shape index (κ2) is 5.56. The predicted octanol–water partition coefficient (Wildman–Crippen LogP) is 1.99. The molecule has 100 valence electrons. The van der Waals surface area contributed by atoms with Gasteiger partial charge in [0.2, 0.25) is 0 Å². The highest BCUT2D eigenvalue weighted by atomic mass is 35.5. The number of nitrogens with one attached hydrogen (secondary N) is 1. The van der Waals surface area contributed by atoms with E-state index in [1.807, 2.05) is 0 Å². The van der Waals surface area contributed by atoms with E-state index < -0.39 is 10.0 Å². The summed E-state index contributed by atoms with van der Waals surface area (Å²) in [7, 11) is -3.69. The highest BCUT2D eigenvalue weighted by molar-refractivity contribution is 7.92. The maximum atomic E-state index is 12.1. The molecule has 3 N–H and O–H groups in total. The van der Waals surface area contributed by atoms with E-state index in [4.69, 9.17) is 17.3 Å². The number of nitrogens with zero attached hydrogens (tertiary/aromatic N) is 1. The van der Waals surface area contributed by atoms with Gasteiger partial charge in [-0.25, -0.2) is 13.4 Å². The molecule has 19 heavy (non-hydrogen) atoms. The van der Waals surface area contributed by atoms with Crippen molar-refractivity contribution in [2.75, 3.05) is 4.72 Å². The fourth-order valence-corrected chi connectivity index (χ4v) is 2.75. The van der Waals surface area contributed by atoms with Crippen LogP contribution >= 0.6 is 11.6 Å². The first-order valence-corrected chi connectivity index (χ1v) is 7.31. The van der Waals surface area contributed by atoms with E-state index in [2.05, 4.69) is 9.71 Å². The van der Waals surface area contributed by atoms with Crippen LogP contribution in [0, 0.1) is 0 Å². The van der Waals surface area contributed by atoms with Crippen LogP contribution in [-0.4, -0.2) is 13.4 Å². The van der Waals surface area contributed by atoms with Gasteiger partial charge in [0.1, 0.15) is 5.82 Å². The molecule has 0 spiro atoms. The minimum absolute atomic E-state index is 0.100. The van der Waals surface area contributed by atoms with E-state index >= 15 is 0 Å². The lowest BCUT2D eigenvalue weighted by molar-refractivity contribution is 0.601. The van der Waals surface area contributed by atoms with Gasteiger partial charge in [0, 0.05) is 17.8 Å². The number of rotatable bonds is 4. The number of anilines is 1. The summed E-state index contributed by atoms with van der Waals surface area (Å²) in [6.45, 7) is 0.172. The molecule has 0 fully saturated rings. The van der Waals surface area contributed by atoms with Crippen LogP contribution in [0.25, 0.3) is 0 Å². The molecule has 1 heterocycles. The van der Waals surface area contributed by atoms with Gasteiger partial charge < -0.3 is 5.73 Å². The minimum Gasteiger partial charge on any atom is -0.326 e. The van der Waals surface area contributed by atoms with Gasteiger partial charge >= 0.3 is 0 Å². The minimum atomic E-state index is -3.69. The maximum Gasteiger partial charge on any atom is 0.263 e. The second-order valence-electron chi connectivity index (χ2n) is 3.78. The molecule has 0 aliphatic heterocycles. The third kappa shape index (κ3) is 3.23. The van der Waals surface area contributed by atoms with Crippen molar-refractivity contribution in [1.82, 2.24) is 4.98 Å². The number of aromatic nitrogens is 1. The molecule has 0 bridgehead atoms. The molecular weight excluding hydrogens is 286 g/mol. The van der Waals surface area contributed by atoms with Crippen LogP contribution in [0.5, 0.6) is 0 Å². The van der Waals surface area contributed by atoms with Crippen molar-refractivity contribution in [3.63, 3.8) is 0 Å². The number of sulfonamides is 1. The molecule has 0 saturated carbocycles. The summed E-state index contributed by atoms with van der Waals surface area (Å²) in [6.07, 6.45) is 1.50.